The van der Waals surface area contributed by atoms with Crippen LogP contribution in [-0.4, -0.2) is 0 Å². The van der Waals surface area contributed by atoms with Crippen molar-refractivity contribution < 1.29 is 9.47 Å². The van der Waals surface area contributed by atoms with Crippen molar-refractivity contribution in [1.82, 2.24) is 0 Å². The zero-order valence-corrected chi connectivity index (χ0v) is 13.2. The van der Waals surface area contributed by atoms with Gasteiger partial charge in [0, 0.05) is 6.07 Å². The number of anilines is 1. The smallest absolute Gasteiger partial charge is 0.154 e. The molecule has 0 atom stereocenters. The number of benzene rings is 3. The van der Waals surface area contributed by atoms with Crippen molar-refractivity contribution in [2.75, 3.05) is 5.73 Å². The number of hydrogen-bond donors (Lipinski definition) is 1. The summed E-state index contributed by atoms with van der Waals surface area (Å²) in [5, 5.41) is 0. The molecule has 0 unspecified atom stereocenters. The van der Waals surface area contributed by atoms with Gasteiger partial charge in [-0.05, 0) is 49.2 Å². The third-order valence-electron chi connectivity index (χ3n) is 3.62. The second kappa shape index (κ2) is 6.44. The van der Waals surface area contributed by atoms with Crippen molar-refractivity contribution in [2.24, 2.45) is 0 Å². The first-order valence-corrected chi connectivity index (χ1v) is 7.50. The molecule has 0 bridgehead atoms. The zero-order chi connectivity index (χ0) is 16.2. The van der Waals surface area contributed by atoms with Crippen molar-refractivity contribution in [3.8, 4) is 23.0 Å². The predicted molar refractivity (Wildman–Crippen MR) is 93.4 cm³/mol. The van der Waals surface area contributed by atoms with Gasteiger partial charge in [-0.3, -0.25) is 0 Å². The van der Waals surface area contributed by atoms with Gasteiger partial charge in [-0.2, -0.15) is 0 Å². The molecule has 0 amide bonds. The van der Waals surface area contributed by atoms with Gasteiger partial charge in [0.15, 0.2) is 5.75 Å². The molecule has 0 heterocycles. The van der Waals surface area contributed by atoms with Crippen LogP contribution in [0.15, 0.2) is 66.7 Å². The van der Waals surface area contributed by atoms with Gasteiger partial charge in [-0.1, -0.05) is 36.4 Å². The van der Waals surface area contributed by atoms with Crippen LogP contribution in [0.3, 0.4) is 0 Å². The molecule has 0 aliphatic heterocycles. The van der Waals surface area contributed by atoms with Crippen LogP contribution in [0.2, 0.25) is 0 Å². The Kier molecular flexibility index (Phi) is 4.20. The monoisotopic (exact) mass is 305 g/mol. The second-order valence-electron chi connectivity index (χ2n) is 5.43. The highest BCUT2D eigenvalue weighted by atomic mass is 16.5. The molecule has 0 aromatic heterocycles. The number of hydrogen-bond acceptors (Lipinski definition) is 3. The van der Waals surface area contributed by atoms with Gasteiger partial charge in [-0.15, -0.1) is 0 Å². The van der Waals surface area contributed by atoms with Crippen LogP contribution in [0.1, 0.15) is 11.1 Å². The van der Waals surface area contributed by atoms with Gasteiger partial charge in [0.1, 0.15) is 17.2 Å². The van der Waals surface area contributed by atoms with Crippen molar-refractivity contribution in [3.05, 3.63) is 77.9 Å². The fourth-order valence-electron chi connectivity index (χ4n) is 2.25. The molecular weight excluding hydrogens is 286 g/mol. The Hall–Kier alpha value is -2.94. The molecule has 0 radical (unpaired) electrons. The fourth-order valence-corrected chi connectivity index (χ4v) is 2.25. The molecule has 3 rings (SSSR count). The summed E-state index contributed by atoms with van der Waals surface area (Å²) in [7, 11) is 0. The molecule has 0 aliphatic rings. The maximum absolute atomic E-state index is 6.03. The largest absolute Gasteiger partial charge is 0.457 e. The molecule has 3 aromatic rings. The van der Waals surface area contributed by atoms with E-state index in [4.69, 9.17) is 15.2 Å². The summed E-state index contributed by atoms with van der Waals surface area (Å²) < 4.78 is 11.9. The summed E-state index contributed by atoms with van der Waals surface area (Å²) in [5.41, 5.74) is 8.73. The van der Waals surface area contributed by atoms with Crippen LogP contribution in [0.25, 0.3) is 0 Å². The van der Waals surface area contributed by atoms with Gasteiger partial charge in [0.2, 0.25) is 0 Å². The maximum atomic E-state index is 6.03. The van der Waals surface area contributed by atoms with E-state index in [-0.39, 0.29) is 0 Å². The Morgan fingerprint density at radius 2 is 1.22 bits per heavy atom. The Balaban J connectivity index is 1.88. The lowest BCUT2D eigenvalue weighted by Crippen LogP contribution is -1.95. The van der Waals surface area contributed by atoms with Crippen LogP contribution in [0, 0.1) is 13.8 Å². The number of rotatable bonds is 4. The van der Waals surface area contributed by atoms with Crippen LogP contribution in [0.4, 0.5) is 5.69 Å². The number of nitrogens with two attached hydrogens (primary N) is 1. The van der Waals surface area contributed by atoms with E-state index in [1.54, 1.807) is 6.07 Å². The number of aryl methyl sites for hydroxylation is 2. The standard InChI is InChI=1S/C20H19NO2/c1-14-7-3-5-9-18(14)22-16-11-12-17(21)20(13-16)23-19-10-6-4-8-15(19)2/h3-13H,21H2,1-2H3. The molecule has 3 heteroatoms. The Morgan fingerprint density at radius 1 is 0.652 bits per heavy atom. The highest BCUT2D eigenvalue weighted by Crippen LogP contribution is 2.34. The van der Waals surface area contributed by atoms with Gasteiger partial charge in [0.05, 0.1) is 5.69 Å². The minimum absolute atomic E-state index is 0.574. The molecule has 0 aliphatic carbocycles. The Bertz CT molecular complexity index is 827. The lowest BCUT2D eigenvalue weighted by molar-refractivity contribution is 0.458. The topological polar surface area (TPSA) is 44.5 Å². The first-order valence-electron chi connectivity index (χ1n) is 7.50. The van der Waals surface area contributed by atoms with E-state index in [0.717, 1.165) is 22.6 Å². The highest BCUT2D eigenvalue weighted by Gasteiger charge is 2.08. The molecule has 0 saturated heterocycles. The van der Waals surface area contributed by atoms with Gasteiger partial charge >= 0.3 is 0 Å². The van der Waals surface area contributed by atoms with E-state index >= 15 is 0 Å². The van der Waals surface area contributed by atoms with Crippen molar-refractivity contribution >= 4 is 5.69 Å². The summed E-state index contributed by atoms with van der Waals surface area (Å²) in [6, 6.07) is 21.2. The average Bonchev–Trinajstić information content (AvgIpc) is 2.55. The number of para-hydroxylation sites is 2. The SMILES string of the molecule is Cc1ccccc1Oc1ccc(N)c(Oc2ccccc2C)c1. The predicted octanol–water partition coefficient (Wildman–Crippen LogP) is 5.47. The average molecular weight is 305 g/mol. The van der Waals surface area contributed by atoms with Gasteiger partial charge in [-0.25, -0.2) is 0 Å². The summed E-state index contributed by atoms with van der Waals surface area (Å²) >= 11 is 0. The quantitative estimate of drug-likeness (QED) is 0.650. The van der Waals surface area contributed by atoms with E-state index < -0.39 is 0 Å². The van der Waals surface area contributed by atoms with E-state index in [1.807, 2.05) is 74.5 Å². The minimum atomic E-state index is 0.574. The maximum Gasteiger partial charge on any atom is 0.154 e. The van der Waals surface area contributed by atoms with E-state index in [0.29, 0.717) is 17.2 Å². The number of nitrogen functional groups attached to an aromatic ring is 1. The molecule has 116 valence electrons. The van der Waals surface area contributed by atoms with E-state index in [2.05, 4.69) is 0 Å². The lowest BCUT2D eigenvalue weighted by Gasteiger charge is -2.13. The third-order valence-corrected chi connectivity index (χ3v) is 3.62. The first-order chi connectivity index (χ1) is 11.1. The fraction of sp³-hybridized carbons (Fsp3) is 0.100. The van der Waals surface area contributed by atoms with Crippen LogP contribution < -0.4 is 15.2 Å². The highest BCUT2D eigenvalue weighted by molar-refractivity contribution is 5.58. The number of ether oxygens (including phenoxy) is 2. The van der Waals surface area contributed by atoms with Crippen molar-refractivity contribution in [3.63, 3.8) is 0 Å². The summed E-state index contributed by atoms with van der Waals surface area (Å²) in [4.78, 5) is 0. The normalized spacial score (nSPS) is 10.3. The molecule has 2 N–H and O–H groups in total. The third kappa shape index (κ3) is 3.46. The molecule has 3 nitrogen and oxygen atoms in total. The van der Waals surface area contributed by atoms with Gasteiger partial charge in [0.25, 0.3) is 0 Å². The second-order valence-corrected chi connectivity index (χ2v) is 5.43. The van der Waals surface area contributed by atoms with E-state index in [9.17, 15) is 0 Å². The Labute approximate surface area is 136 Å². The van der Waals surface area contributed by atoms with Crippen LogP contribution in [-0.2, 0) is 0 Å². The molecule has 3 aromatic carbocycles. The van der Waals surface area contributed by atoms with Crippen LogP contribution >= 0.6 is 0 Å². The first kappa shape index (κ1) is 15.0. The van der Waals surface area contributed by atoms with Crippen LogP contribution in [0.5, 0.6) is 23.0 Å². The van der Waals surface area contributed by atoms with E-state index in [1.165, 1.54) is 0 Å². The van der Waals surface area contributed by atoms with Crippen molar-refractivity contribution in [2.45, 2.75) is 13.8 Å². The summed E-state index contributed by atoms with van der Waals surface area (Å²) in [5.74, 6) is 2.88. The van der Waals surface area contributed by atoms with Crippen molar-refractivity contribution in [1.29, 1.82) is 0 Å². The van der Waals surface area contributed by atoms with Gasteiger partial charge < -0.3 is 15.2 Å². The molecule has 23 heavy (non-hydrogen) atoms. The molecular formula is C20H19NO2. The molecule has 0 saturated carbocycles. The zero-order valence-electron chi connectivity index (χ0n) is 13.2. The minimum Gasteiger partial charge on any atom is -0.457 e. The summed E-state index contributed by atoms with van der Waals surface area (Å²) in [6.07, 6.45) is 0. The molecule has 0 fully saturated rings. The molecule has 0 spiro atoms. The summed E-state index contributed by atoms with van der Waals surface area (Å²) in [6.45, 7) is 4.01. The Morgan fingerprint density at radius 3 is 1.83 bits per heavy atom. The lowest BCUT2D eigenvalue weighted by atomic mass is 10.2.